The molecule has 0 aliphatic carbocycles. The van der Waals surface area contributed by atoms with E-state index in [9.17, 15) is 4.79 Å². The topological polar surface area (TPSA) is 81.4 Å². The average Bonchev–Trinajstić information content (AvgIpc) is 3.38. The molecule has 4 rings (SSSR count). The van der Waals surface area contributed by atoms with Crippen LogP contribution >= 0.6 is 0 Å². The number of imidazole rings is 3. The van der Waals surface area contributed by atoms with Gasteiger partial charge >= 0.3 is 51.2 Å². The number of benzene rings is 1. The van der Waals surface area contributed by atoms with Crippen LogP contribution in [-0.2, 0) is 13.5 Å². The number of nitrogens with one attached hydrogen (secondary N) is 1. The first-order valence-electron chi connectivity index (χ1n) is 10.6. The Morgan fingerprint density at radius 2 is 1.84 bits per heavy atom. The summed E-state index contributed by atoms with van der Waals surface area (Å²) >= 11 is 0.873. The quantitative estimate of drug-likeness (QED) is 0.274. The molecule has 0 saturated carbocycles. The molecule has 0 bridgehead atoms. The summed E-state index contributed by atoms with van der Waals surface area (Å²) in [6.07, 6.45) is 8.54. The van der Waals surface area contributed by atoms with Crippen molar-refractivity contribution < 1.29 is 4.79 Å². The van der Waals surface area contributed by atoms with Crippen LogP contribution in [0.4, 0.5) is 0 Å². The van der Waals surface area contributed by atoms with E-state index in [1.54, 1.807) is 6.20 Å². The molecule has 3 aromatic heterocycles. The summed E-state index contributed by atoms with van der Waals surface area (Å²) in [6.45, 7) is 12.4. The molecule has 7 nitrogen and oxygen atoms in total. The van der Waals surface area contributed by atoms with Crippen molar-refractivity contribution in [1.82, 2.24) is 27.0 Å². The number of ketones is 1. The molecule has 8 heteroatoms. The van der Waals surface area contributed by atoms with Crippen molar-refractivity contribution in [1.29, 1.82) is 0 Å². The Morgan fingerprint density at radius 3 is 2.38 bits per heavy atom. The van der Waals surface area contributed by atoms with Crippen LogP contribution in [0, 0.1) is 10.8 Å². The number of H-pyrrole nitrogens is 1. The van der Waals surface area contributed by atoms with E-state index >= 15 is 0 Å². The van der Waals surface area contributed by atoms with Gasteiger partial charge < -0.3 is 9.55 Å². The fraction of sp³-hybridized carbons (Fsp3) is 0.417. The van der Waals surface area contributed by atoms with Gasteiger partial charge in [0.2, 0.25) is 0 Å². The van der Waals surface area contributed by atoms with Gasteiger partial charge in [-0.2, -0.15) is 0 Å². The molecule has 0 radical (unpaired) electrons. The van der Waals surface area contributed by atoms with Crippen LogP contribution in [-0.4, -0.2) is 57.8 Å². The van der Waals surface area contributed by atoms with Crippen molar-refractivity contribution in [3.8, 4) is 11.6 Å². The molecule has 32 heavy (non-hydrogen) atoms. The number of fused-ring (bicyclic) bond motifs is 1. The molecule has 0 spiro atoms. The van der Waals surface area contributed by atoms with Crippen molar-refractivity contribution in [3.05, 3.63) is 54.4 Å². The summed E-state index contributed by atoms with van der Waals surface area (Å²) in [4.78, 5) is 29.1. The number of aromatic nitrogens is 6. The van der Waals surface area contributed by atoms with Crippen LogP contribution < -0.4 is 0 Å². The Morgan fingerprint density at radius 1 is 1.12 bits per heavy atom. The predicted octanol–water partition coefficient (Wildman–Crippen LogP) is 4.06. The summed E-state index contributed by atoms with van der Waals surface area (Å²) in [5.74, 6) is 1.66. The maximum absolute atomic E-state index is 12.5. The number of Topliss-reactive ketones (excluding diaryl/α,β-unsaturated/α-hetero) is 1. The third-order valence-corrected chi connectivity index (χ3v) is 5.99. The summed E-state index contributed by atoms with van der Waals surface area (Å²) in [5, 5.41) is 0. The van der Waals surface area contributed by atoms with E-state index in [1.165, 1.54) is 0 Å². The molecule has 0 atom stereocenters. The number of hydrogen-bond acceptors (Lipinski definition) is 4. The summed E-state index contributed by atoms with van der Waals surface area (Å²) in [5.41, 5.74) is 3.23. The Hall–Kier alpha value is -2.34. The summed E-state index contributed by atoms with van der Waals surface area (Å²) < 4.78 is 4.06. The maximum atomic E-state index is 12.5. The number of carbonyl (C=O) groups excluding carboxylic acids is 1. The van der Waals surface area contributed by atoms with E-state index in [2.05, 4.69) is 44.4 Å². The first-order valence-corrected chi connectivity index (χ1v) is 12.6. The summed E-state index contributed by atoms with van der Waals surface area (Å²) in [7, 11) is 1.98. The van der Waals surface area contributed by atoms with Crippen LogP contribution in [0.1, 0.15) is 57.6 Å². The van der Waals surface area contributed by atoms with E-state index in [0.717, 1.165) is 59.8 Å². The van der Waals surface area contributed by atoms with Crippen molar-refractivity contribution >= 4 is 41.8 Å². The zero-order chi connectivity index (χ0) is 23.7. The molecule has 0 unspecified atom stereocenters. The van der Waals surface area contributed by atoms with Gasteiger partial charge in [0.25, 0.3) is 0 Å². The van der Waals surface area contributed by atoms with Crippen molar-refractivity contribution in [2.24, 2.45) is 17.9 Å². The third-order valence-electron chi connectivity index (χ3n) is 4.80. The molecule has 0 aliphatic heterocycles. The molecule has 3 heterocycles. The van der Waals surface area contributed by atoms with E-state index in [-0.39, 0.29) is 11.2 Å². The minimum absolute atomic E-state index is 0.125. The number of aryl methyl sites for hydroxylation is 1. The van der Waals surface area contributed by atoms with Crippen LogP contribution in [0.5, 0.6) is 0 Å². The Bertz CT molecular complexity index is 1210. The number of nitrogens with zero attached hydrogens (tertiary/aromatic N) is 5. The SMILES string of the molecule is Cn1cc(CC(C)(C)C)nc1-c1nc2ccc(C(=O)C(C)(C)C)cc2[nH]1.[BiH2][n]1ccnc1. The second kappa shape index (κ2) is 9.26. The van der Waals surface area contributed by atoms with E-state index in [4.69, 9.17) is 4.98 Å². The van der Waals surface area contributed by atoms with Gasteiger partial charge in [-0.15, -0.1) is 0 Å². The van der Waals surface area contributed by atoms with Gasteiger partial charge in [0.15, 0.2) is 17.4 Å². The molecule has 4 aromatic rings. The van der Waals surface area contributed by atoms with Crippen molar-refractivity contribution in [2.45, 2.75) is 48.0 Å². The first-order chi connectivity index (χ1) is 14.8. The van der Waals surface area contributed by atoms with Gasteiger partial charge in [0.05, 0.1) is 16.7 Å². The monoisotopic (exact) mass is 630 g/mol. The molecule has 0 saturated heterocycles. The first kappa shape index (κ1) is 24.3. The van der Waals surface area contributed by atoms with Gasteiger partial charge in [-0.25, -0.2) is 9.97 Å². The number of rotatable bonds is 3. The van der Waals surface area contributed by atoms with Gasteiger partial charge in [-0.3, -0.25) is 4.79 Å². The second-order valence-electron chi connectivity index (χ2n) is 10.3. The van der Waals surface area contributed by atoms with Crippen molar-refractivity contribution in [2.75, 3.05) is 0 Å². The molecular formula is C24H33BiN6O. The van der Waals surface area contributed by atoms with E-state index in [1.807, 2.05) is 63.1 Å². The minimum atomic E-state index is -0.405. The predicted molar refractivity (Wildman–Crippen MR) is 131 cm³/mol. The van der Waals surface area contributed by atoms with E-state index in [0.29, 0.717) is 5.56 Å². The van der Waals surface area contributed by atoms with Crippen molar-refractivity contribution in [3.63, 3.8) is 0 Å². The van der Waals surface area contributed by atoms with Gasteiger partial charge in [-0.1, -0.05) is 41.5 Å². The molecule has 0 fully saturated rings. The fourth-order valence-electron chi connectivity index (χ4n) is 3.34. The molecular weight excluding hydrogens is 597 g/mol. The average molecular weight is 631 g/mol. The Labute approximate surface area is 204 Å². The molecule has 1 N–H and O–H groups in total. The Kier molecular flexibility index (Phi) is 7.04. The Balaban J connectivity index is 0.000000416. The van der Waals surface area contributed by atoms with Crippen LogP contribution in [0.3, 0.4) is 0 Å². The normalized spacial score (nSPS) is 12.0. The number of carbonyl (C=O) groups is 1. The molecule has 1 aromatic carbocycles. The zero-order valence-corrected chi connectivity index (χ0v) is 24.5. The molecule has 0 aliphatic rings. The fourth-order valence-corrected chi connectivity index (χ4v) is 3.93. The van der Waals surface area contributed by atoms with Gasteiger partial charge in [-0.05, 0) is 30.0 Å². The van der Waals surface area contributed by atoms with Crippen LogP contribution in [0.25, 0.3) is 22.7 Å². The summed E-state index contributed by atoms with van der Waals surface area (Å²) in [6, 6.07) is 5.63. The zero-order valence-electron chi connectivity index (χ0n) is 20.0. The standard InChI is InChI=1S/C21H28N4O.C3H3N2.Bi.2H/c1-20(2,3)11-14-12-25(7)19(22-14)18-23-15-9-8-13(10-16(15)24-18)17(26)21(4,5)6;1-2-5-3-4-1;;;/h8-10,12H,11H2,1-7H3,(H,23,24);1-3H;;;/q;-1;+1;;. The van der Waals surface area contributed by atoms with E-state index < -0.39 is 5.41 Å². The van der Waals surface area contributed by atoms with Crippen LogP contribution in [0.2, 0.25) is 0 Å². The van der Waals surface area contributed by atoms with Crippen LogP contribution in [0.15, 0.2) is 43.1 Å². The second-order valence-corrected chi connectivity index (χ2v) is 12.6. The number of hydrogen-bond donors (Lipinski definition) is 1. The third kappa shape index (κ3) is 6.13. The van der Waals surface area contributed by atoms with Gasteiger partial charge in [0, 0.05) is 24.2 Å². The molecule has 170 valence electrons. The number of aromatic amines is 1. The molecule has 0 amide bonds. The van der Waals surface area contributed by atoms with Gasteiger partial charge in [0.1, 0.15) is 0 Å².